The number of isocyanates is 1. The summed E-state index contributed by atoms with van der Waals surface area (Å²) < 4.78 is 3.46. The summed E-state index contributed by atoms with van der Waals surface area (Å²) in [5.74, 6) is 0.699. The van der Waals surface area contributed by atoms with Gasteiger partial charge in [-0.25, -0.2) is 4.79 Å². The second-order valence-corrected chi connectivity index (χ2v) is 4.25. The first-order chi connectivity index (χ1) is 8.40. The Morgan fingerprint density at radius 3 is 2.24 bits per heavy atom. The van der Waals surface area contributed by atoms with Gasteiger partial charge in [0.05, 0.1) is 0 Å². The van der Waals surface area contributed by atoms with E-state index in [1.807, 2.05) is 18.2 Å². The molecule has 0 bridgehead atoms. The average molecular weight is 241 g/mol. The van der Waals surface area contributed by atoms with Crippen LogP contribution in [0.3, 0.4) is 0 Å². The van der Waals surface area contributed by atoms with Gasteiger partial charge in [0.25, 0.3) is 0 Å². The minimum atomic E-state index is 0.699. The van der Waals surface area contributed by atoms with E-state index >= 15 is 0 Å². The molecule has 0 aliphatic carbocycles. The molecule has 2 nitrogen and oxygen atoms in total. The molecule has 2 aromatic rings. The van der Waals surface area contributed by atoms with Crippen LogP contribution < -0.4 is 0 Å². The first-order valence-corrected chi connectivity index (χ1v) is 6.18. The van der Waals surface area contributed by atoms with E-state index in [2.05, 4.69) is 40.8 Å². The third-order valence-corrected chi connectivity index (χ3v) is 3.06. The lowest BCUT2D eigenvalue weighted by Crippen LogP contribution is -1.81. The lowest BCUT2D eigenvalue weighted by atomic mass is 10.0. The number of carbonyl (C=O) groups excluding carboxylic acids is 1. The van der Waals surface area contributed by atoms with Crippen molar-refractivity contribution in [2.45, 2.75) is 5.75 Å². The van der Waals surface area contributed by atoms with Crippen LogP contribution in [0, 0.1) is 0 Å². The summed E-state index contributed by atoms with van der Waals surface area (Å²) >= 11 is 1.21. The van der Waals surface area contributed by atoms with Crippen LogP contribution in [0.2, 0.25) is 0 Å². The number of hydrogen-bond acceptors (Lipinski definition) is 3. The van der Waals surface area contributed by atoms with Crippen LogP contribution in [0.15, 0.2) is 59.0 Å². The van der Waals surface area contributed by atoms with Crippen LogP contribution in [-0.4, -0.2) is 6.08 Å². The van der Waals surface area contributed by atoms with Crippen LogP contribution in [0.1, 0.15) is 5.56 Å². The molecule has 2 rings (SSSR count). The highest BCUT2D eigenvalue weighted by molar-refractivity contribution is 7.97. The molecular formula is C14H11NOS. The molecule has 0 aliphatic rings. The first kappa shape index (κ1) is 11.6. The topological polar surface area (TPSA) is 29.4 Å². The van der Waals surface area contributed by atoms with Crippen molar-refractivity contribution in [3.05, 3.63) is 60.2 Å². The summed E-state index contributed by atoms with van der Waals surface area (Å²) in [6.07, 6.45) is 1.51. The zero-order valence-corrected chi connectivity index (χ0v) is 9.98. The van der Waals surface area contributed by atoms with E-state index in [4.69, 9.17) is 0 Å². The van der Waals surface area contributed by atoms with Crippen molar-refractivity contribution in [1.29, 1.82) is 0 Å². The highest BCUT2D eigenvalue weighted by atomic mass is 32.2. The Labute approximate surface area is 105 Å². The van der Waals surface area contributed by atoms with E-state index in [9.17, 15) is 4.79 Å². The Morgan fingerprint density at radius 2 is 1.59 bits per heavy atom. The zero-order valence-electron chi connectivity index (χ0n) is 9.17. The number of hydrogen-bond donors (Lipinski definition) is 0. The molecular weight excluding hydrogens is 230 g/mol. The third-order valence-electron chi connectivity index (χ3n) is 2.39. The summed E-state index contributed by atoms with van der Waals surface area (Å²) in [5.41, 5.74) is 3.55. The molecule has 0 radical (unpaired) electrons. The third kappa shape index (κ3) is 3.31. The number of rotatable bonds is 4. The SMILES string of the molecule is O=C=NSCc1ccc(-c2ccccc2)cc1. The Bertz CT molecular complexity index is 516. The zero-order chi connectivity index (χ0) is 11.9. The minimum absolute atomic E-state index is 0.699. The van der Waals surface area contributed by atoms with Gasteiger partial charge in [-0.2, -0.15) is 0 Å². The van der Waals surface area contributed by atoms with Gasteiger partial charge >= 0.3 is 0 Å². The summed E-state index contributed by atoms with van der Waals surface area (Å²) in [6, 6.07) is 18.5. The molecule has 0 atom stereocenters. The van der Waals surface area contributed by atoms with Crippen LogP contribution in [-0.2, 0) is 10.5 Å². The minimum Gasteiger partial charge on any atom is -0.210 e. The Balaban J connectivity index is 2.10. The highest BCUT2D eigenvalue weighted by Gasteiger charge is 1.97. The van der Waals surface area contributed by atoms with Crippen LogP contribution in [0.25, 0.3) is 11.1 Å². The largest absolute Gasteiger partial charge is 0.247 e. The number of nitrogens with zero attached hydrogens (tertiary/aromatic N) is 1. The molecule has 3 heteroatoms. The van der Waals surface area contributed by atoms with E-state index in [1.54, 1.807) is 0 Å². The van der Waals surface area contributed by atoms with Crippen molar-refractivity contribution in [3.63, 3.8) is 0 Å². The molecule has 2 aromatic carbocycles. The van der Waals surface area contributed by atoms with Crippen molar-refractivity contribution >= 4 is 18.0 Å². The maximum absolute atomic E-state index is 9.92. The van der Waals surface area contributed by atoms with Crippen LogP contribution in [0.4, 0.5) is 0 Å². The van der Waals surface area contributed by atoms with E-state index in [1.165, 1.54) is 29.2 Å². The summed E-state index contributed by atoms with van der Waals surface area (Å²) in [6.45, 7) is 0. The second kappa shape index (κ2) is 6.04. The smallest absolute Gasteiger partial charge is 0.210 e. The molecule has 0 fully saturated rings. The molecule has 0 spiro atoms. The van der Waals surface area contributed by atoms with E-state index in [0.717, 1.165) is 5.56 Å². The van der Waals surface area contributed by atoms with Gasteiger partial charge in [-0.15, -0.1) is 4.40 Å². The second-order valence-electron chi connectivity index (χ2n) is 3.52. The molecule has 84 valence electrons. The molecule has 0 amide bonds. The molecule has 17 heavy (non-hydrogen) atoms. The maximum Gasteiger partial charge on any atom is 0.247 e. The van der Waals surface area contributed by atoms with Gasteiger partial charge in [0, 0.05) is 5.75 Å². The first-order valence-electron chi connectivity index (χ1n) is 5.23. The van der Waals surface area contributed by atoms with Crippen molar-refractivity contribution in [3.8, 4) is 11.1 Å². The maximum atomic E-state index is 9.92. The molecule has 0 saturated heterocycles. The van der Waals surface area contributed by atoms with E-state index < -0.39 is 0 Å². The van der Waals surface area contributed by atoms with E-state index in [0.29, 0.717) is 5.75 Å². The van der Waals surface area contributed by atoms with Gasteiger partial charge in [0.2, 0.25) is 6.08 Å². The standard InChI is InChI=1S/C14H11NOS/c16-11-15-17-10-12-6-8-14(9-7-12)13-4-2-1-3-5-13/h1-9H,10H2. The average Bonchev–Trinajstić information content (AvgIpc) is 2.41. The van der Waals surface area contributed by atoms with Crippen molar-refractivity contribution in [2.24, 2.45) is 4.40 Å². The van der Waals surface area contributed by atoms with Gasteiger partial charge in [0.15, 0.2) is 0 Å². The van der Waals surface area contributed by atoms with Gasteiger partial charge in [0.1, 0.15) is 0 Å². The fourth-order valence-electron chi connectivity index (χ4n) is 1.56. The number of benzene rings is 2. The Hall–Kier alpha value is -1.83. The Morgan fingerprint density at radius 1 is 0.941 bits per heavy atom. The normalized spacial score (nSPS) is 9.65. The van der Waals surface area contributed by atoms with Gasteiger partial charge in [-0.1, -0.05) is 54.6 Å². The molecule has 0 unspecified atom stereocenters. The fraction of sp³-hybridized carbons (Fsp3) is 0.0714. The fourth-order valence-corrected chi connectivity index (χ4v) is 2.02. The lowest BCUT2D eigenvalue weighted by Gasteiger charge is -2.02. The lowest BCUT2D eigenvalue weighted by molar-refractivity contribution is 0.566. The predicted octanol–water partition coefficient (Wildman–Crippen LogP) is 3.84. The van der Waals surface area contributed by atoms with Gasteiger partial charge < -0.3 is 0 Å². The van der Waals surface area contributed by atoms with Crippen molar-refractivity contribution in [1.82, 2.24) is 0 Å². The Kier molecular flexibility index (Phi) is 4.14. The summed E-state index contributed by atoms with van der Waals surface area (Å²) in [5, 5.41) is 0. The van der Waals surface area contributed by atoms with Crippen molar-refractivity contribution < 1.29 is 4.79 Å². The molecule has 0 aromatic heterocycles. The van der Waals surface area contributed by atoms with Gasteiger partial charge in [-0.3, -0.25) is 0 Å². The van der Waals surface area contributed by atoms with Gasteiger partial charge in [-0.05, 0) is 28.6 Å². The quantitative estimate of drug-likeness (QED) is 0.462. The molecule has 0 heterocycles. The summed E-state index contributed by atoms with van der Waals surface area (Å²) in [7, 11) is 0. The molecule has 0 aliphatic heterocycles. The predicted molar refractivity (Wildman–Crippen MR) is 71.3 cm³/mol. The molecule has 0 saturated carbocycles. The monoisotopic (exact) mass is 241 g/mol. The highest BCUT2D eigenvalue weighted by Crippen LogP contribution is 2.21. The summed E-state index contributed by atoms with van der Waals surface area (Å²) in [4.78, 5) is 9.92. The van der Waals surface area contributed by atoms with Crippen molar-refractivity contribution in [2.75, 3.05) is 0 Å². The molecule has 0 N–H and O–H groups in total. The van der Waals surface area contributed by atoms with Crippen LogP contribution >= 0.6 is 11.9 Å². The van der Waals surface area contributed by atoms with E-state index in [-0.39, 0.29) is 0 Å². The van der Waals surface area contributed by atoms with Crippen LogP contribution in [0.5, 0.6) is 0 Å².